The van der Waals surface area contributed by atoms with Crippen molar-refractivity contribution < 1.29 is 9.32 Å². The molecule has 0 saturated heterocycles. The summed E-state index contributed by atoms with van der Waals surface area (Å²) in [4.78, 5) is 11.8. The Morgan fingerprint density at radius 1 is 1.56 bits per heavy atom. The summed E-state index contributed by atoms with van der Waals surface area (Å²) < 4.78 is 6.53. The predicted octanol–water partition coefficient (Wildman–Crippen LogP) is 1.16. The number of nitrogen functional groups attached to an aromatic ring is 1. The van der Waals surface area contributed by atoms with Crippen molar-refractivity contribution in [2.24, 2.45) is 7.05 Å². The van der Waals surface area contributed by atoms with Crippen molar-refractivity contribution in [3.63, 3.8) is 0 Å². The molecule has 2 heterocycles. The molecule has 16 heavy (non-hydrogen) atoms. The van der Waals surface area contributed by atoms with E-state index in [0.29, 0.717) is 23.0 Å². The molecule has 2 aromatic rings. The van der Waals surface area contributed by atoms with Crippen LogP contribution in [0.3, 0.4) is 0 Å². The Labute approximate surface area is 92.0 Å². The molecule has 0 aliphatic carbocycles. The first kappa shape index (κ1) is 10.3. The SMILES string of the molecule is Cc1cc(NC(=O)c2cc(N)cn2C)on1. The number of hydrogen-bond acceptors (Lipinski definition) is 4. The second-order valence-electron chi connectivity index (χ2n) is 3.56. The molecule has 2 rings (SSSR count). The highest BCUT2D eigenvalue weighted by atomic mass is 16.5. The summed E-state index contributed by atoms with van der Waals surface area (Å²) in [6.07, 6.45) is 1.67. The number of hydrogen-bond donors (Lipinski definition) is 2. The van der Waals surface area contributed by atoms with Gasteiger partial charge in [0.05, 0.1) is 11.4 Å². The van der Waals surface area contributed by atoms with Crippen LogP contribution in [-0.4, -0.2) is 15.6 Å². The topological polar surface area (TPSA) is 86.1 Å². The molecule has 1 amide bonds. The fraction of sp³-hybridized carbons (Fsp3) is 0.200. The van der Waals surface area contributed by atoms with E-state index in [1.54, 1.807) is 36.9 Å². The van der Waals surface area contributed by atoms with Gasteiger partial charge in [-0.2, -0.15) is 0 Å². The minimum absolute atomic E-state index is 0.282. The molecule has 6 heteroatoms. The number of aromatic nitrogens is 2. The molecule has 0 radical (unpaired) electrons. The van der Waals surface area contributed by atoms with Crippen molar-refractivity contribution in [3.05, 3.63) is 29.7 Å². The highest BCUT2D eigenvalue weighted by Gasteiger charge is 2.12. The average molecular weight is 220 g/mol. The standard InChI is InChI=1S/C10H12N4O2/c1-6-3-9(16-13-6)12-10(15)8-4-7(11)5-14(8)2/h3-5H,11H2,1-2H3,(H,12,15). The summed E-state index contributed by atoms with van der Waals surface area (Å²) in [7, 11) is 1.75. The third-order valence-corrected chi connectivity index (χ3v) is 2.12. The fourth-order valence-corrected chi connectivity index (χ4v) is 1.41. The lowest BCUT2D eigenvalue weighted by molar-refractivity contribution is 0.101. The van der Waals surface area contributed by atoms with Gasteiger partial charge in [0.1, 0.15) is 5.69 Å². The predicted molar refractivity (Wildman–Crippen MR) is 59.0 cm³/mol. The molecule has 2 aromatic heterocycles. The van der Waals surface area contributed by atoms with Gasteiger partial charge in [-0.15, -0.1) is 0 Å². The summed E-state index contributed by atoms with van der Waals surface area (Å²) in [6, 6.07) is 3.24. The van der Waals surface area contributed by atoms with Gasteiger partial charge in [-0.3, -0.25) is 10.1 Å². The molecule has 0 unspecified atom stereocenters. The van der Waals surface area contributed by atoms with Crippen LogP contribution in [-0.2, 0) is 7.05 Å². The first-order valence-corrected chi connectivity index (χ1v) is 4.73. The number of amides is 1. The zero-order valence-electron chi connectivity index (χ0n) is 9.02. The van der Waals surface area contributed by atoms with Crippen molar-refractivity contribution in [1.29, 1.82) is 0 Å². The van der Waals surface area contributed by atoms with Crippen molar-refractivity contribution in [1.82, 2.24) is 9.72 Å². The summed E-state index contributed by atoms with van der Waals surface area (Å²) in [5, 5.41) is 6.26. The molecule has 0 bridgehead atoms. The molecule has 0 atom stereocenters. The minimum atomic E-state index is -0.282. The first-order chi connectivity index (χ1) is 7.56. The quantitative estimate of drug-likeness (QED) is 0.795. The van der Waals surface area contributed by atoms with Gasteiger partial charge in [0.15, 0.2) is 0 Å². The maximum atomic E-state index is 11.8. The Hall–Kier alpha value is -2.24. The second kappa shape index (κ2) is 3.73. The lowest BCUT2D eigenvalue weighted by atomic mass is 10.4. The summed E-state index contributed by atoms with van der Waals surface area (Å²) in [6.45, 7) is 1.78. The van der Waals surface area contributed by atoms with Gasteiger partial charge in [-0.1, -0.05) is 5.16 Å². The summed E-state index contributed by atoms with van der Waals surface area (Å²) in [5.74, 6) is 0.0395. The Morgan fingerprint density at radius 2 is 2.31 bits per heavy atom. The second-order valence-corrected chi connectivity index (χ2v) is 3.56. The largest absolute Gasteiger partial charge is 0.397 e. The Morgan fingerprint density at radius 3 is 2.81 bits per heavy atom. The van der Waals surface area contributed by atoms with Gasteiger partial charge in [0, 0.05) is 19.3 Å². The number of anilines is 2. The molecule has 84 valence electrons. The molecule has 0 saturated carbocycles. The van der Waals surface area contributed by atoms with Crippen LogP contribution in [0.25, 0.3) is 0 Å². The monoisotopic (exact) mass is 220 g/mol. The molecular weight excluding hydrogens is 208 g/mol. The zero-order valence-corrected chi connectivity index (χ0v) is 9.02. The molecule has 0 aliphatic heterocycles. The van der Waals surface area contributed by atoms with Crippen molar-refractivity contribution in [3.8, 4) is 0 Å². The van der Waals surface area contributed by atoms with Crippen molar-refractivity contribution in [2.75, 3.05) is 11.1 Å². The summed E-state index contributed by atoms with van der Waals surface area (Å²) in [5.41, 5.74) is 7.30. The van der Waals surface area contributed by atoms with Gasteiger partial charge >= 0.3 is 0 Å². The Balaban J connectivity index is 2.17. The van der Waals surface area contributed by atoms with Crippen LogP contribution in [0.15, 0.2) is 22.9 Å². The van der Waals surface area contributed by atoms with Crippen LogP contribution < -0.4 is 11.1 Å². The van der Waals surface area contributed by atoms with E-state index in [-0.39, 0.29) is 5.91 Å². The van der Waals surface area contributed by atoms with Crippen LogP contribution in [0.1, 0.15) is 16.2 Å². The Bertz CT molecular complexity index is 527. The van der Waals surface area contributed by atoms with E-state index < -0.39 is 0 Å². The number of nitrogens with zero attached hydrogens (tertiary/aromatic N) is 2. The van der Waals surface area contributed by atoms with E-state index in [1.165, 1.54) is 0 Å². The maximum Gasteiger partial charge on any atom is 0.274 e. The van der Waals surface area contributed by atoms with Gasteiger partial charge < -0.3 is 14.8 Å². The van der Waals surface area contributed by atoms with E-state index in [4.69, 9.17) is 10.3 Å². The van der Waals surface area contributed by atoms with Crippen molar-refractivity contribution in [2.45, 2.75) is 6.92 Å². The van der Waals surface area contributed by atoms with Crippen molar-refractivity contribution >= 4 is 17.5 Å². The molecule has 3 N–H and O–H groups in total. The van der Waals surface area contributed by atoms with Crippen LogP contribution in [0, 0.1) is 6.92 Å². The van der Waals surface area contributed by atoms with E-state index in [2.05, 4.69) is 10.5 Å². The summed E-state index contributed by atoms with van der Waals surface area (Å²) >= 11 is 0. The number of carbonyl (C=O) groups is 1. The van der Waals surface area contributed by atoms with Crippen LogP contribution in [0.4, 0.5) is 11.6 Å². The van der Waals surface area contributed by atoms with Crippen LogP contribution in [0.2, 0.25) is 0 Å². The molecule has 0 spiro atoms. The highest BCUT2D eigenvalue weighted by molar-refractivity contribution is 6.03. The molecule has 0 aliphatic rings. The van der Waals surface area contributed by atoms with Crippen LogP contribution >= 0.6 is 0 Å². The lowest BCUT2D eigenvalue weighted by Crippen LogP contribution is -2.14. The van der Waals surface area contributed by atoms with E-state index >= 15 is 0 Å². The number of nitrogens with one attached hydrogen (secondary N) is 1. The molecular formula is C10H12N4O2. The highest BCUT2D eigenvalue weighted by Crippen LogP contribution is 2.13. The third kappa shape index (κ3) is 1.90. The zero-order chi connectivity index (χ0) is 11.7. The molecule has 0 aromatic carbocycles. The number of carbonyl (C=O) groups excluding carboxylic acids is 1. The average Bonchev–Trinajstić information content (AvgIpc) is 2.73. The normalized spacial score (nSPS) is 10.4. The number of aryl methyl sites for hydroxylation is 2. The third-order valence-electron chi connectivity index (χ3n) is 2.12. The molecule has 0 fully saturated rings. The van der Waals surface area contributed by atoms with Gasteiger partial charge in [-0.25, -0.2) is 0 Å². The van der Waals surface area contributed by atoms with Gasteiger partial charge in [0.25, 0.3) is 5.91 Å². The van der Waals surface area contributed by atoms with E-state index in [9.17, 15) is 4.79 Å². The number of nitrogens with two attached hydrogens (primary N) is 1. The van der Waals surface area contributed by atoms with E-state index in [1.807, 2.05) is 0 Å². The minimum Gasteiger partial charge on any atom is -0.397 e. The Kier molecular flexibility index (Phi) is 2.40. The van der Waals surface area contributed by atoms with Crippen LogP contribution in [0.5, 0.6) is 0 Å². The lowest BCUT2D eigenvalue weighted by Gasteiger charge is -2.01. The number of rotatable bonds is 2. The maximum absolute atomic E-state index is 11.8. The first-order valence-electron chi connectivity index (χ1n) is 4.73. The van der Waals surface area contributed by atoms with E-state index in [0.717, 1.165) is 0 Å². The van der Waals surface area contributed by atoms with Gasteiger partial charge in [0.2, 0.25) is 5.88 Å². The smallest absolute Gasteiger partial charge is 0.274 e. The molecule has 6 nitrogen and oxygen atoms in total. The fourth-order valence-electron chi connectivity index (χ4n) is 1.41. The van der Waals surface area contributed by atoms with Gasteiger partial charge in [-0.05, 0) is 13.0 Å².